The Morgan fingerprint density at radius 3 is 2.67 bits per heavy atom. The Morgan fingerprint density at radius 1 is 1.42 bits per heavy atom. The SMILES string of the molecule is Cc1ccc(N2CC(C)C2)cn1. The molecule has 0 bridgehead atoms. The highest BCUT2D eigenvalue weighted by Crippen LogP contribution is 2.22. The smallest absolute Gasteiger partial charge is 0.0553 e. The van der Waals surface area contributed by atoms with E-state index in [2.05, 4.69) is 28.9 Å². The van der Waals surface area contributed by atoms with E-state index in [1.807, 2.05) is 13.1 Å². The molecule has 0 unspecified atom stereocenters. The molecule has 1 aliphatic rings. The third-order valence-electron chi connectivity index (χ3n) is 2.33. The molecule has 1 aliphatic heterocycles. The van der Waals surface area contributed by atoms with E-state index in [4.69, 9.17) is 0 Å². The van der Waals surface area contributed by atoms with Crippen LogP contribution in [0.2, 0.25) is 0 Å². The van der Waals surface area contributed by atoms with E-state index < -0.39 is 0 Å². The van der Waals surface area contributed by atoms with Crippen molar-refractivity contribution in [2.75, 3.05) is 18.0 Å². The summed E-state index contributed by atoms with van der Waals surface area (Å²) in [6, 6.07) is 4.21. The van der Waals surface area contributed by atoms with Gasteiger partial charge in [-0.3, -0.25) is 4.98 Å². The van der Waals surface area contributed by atoms with Gasteiger partial charge in [0, 0.05) is 18.8 Å². The number of nitrogens with zero attached hydrogens (tertiary/aromatic N) is 2. The first-order chi connectivity index (χ1) is 5.75. The summed E-state index contributed by atoms with van der Waals surface area (Å²) in [5.41, 5.74) is 2.35. The van der Waals surface area contributed by atoms with Crippen LogP contribution in [0.1, 0.15) is 12.6 Å². The molecule has 1 saturated heterocycles. The van der Waals surface area contributed by atoms with Crippen molar-refractivity contribution < 1.29 is 0 Å². The summed E-state index contributed by atoms with van der Waals surface area (Å²) >= 11 is 0. The van der Waals surface area contributed by atoms with Crippen LogP contribution in [0, 0.1) is 12.8 Å². The summed E-state index contributed by atoms with van der Waals surface area (Å²) in [4.78, 5) is 6.62. The first-order valence-electron chi connectivity index (χ1n) is 4.43. The first kappa shape index (κ1) is 7.59. The lowest BCUT2D eigenvalue weighted by Crippen LogP contribution is -2.45. The number of hydrogen-bond donors (Lipinski definition) is 0. The molecule has 2 nitrogen and oxygen atoms in total. The van der Waals surface area contributed by atoms with Crippen LogP contribution >= 0.6 is 0 Å². The predicted molar refractivity (Wildman–Crippen MR) is 50.4 cm³/mol. The zero-order valence-electron chi connectivity index (χ0n) is 7.62. The molecule has 0 saturated carbocycles. The van der Waals surface area contributed by atoms with Gasteiger partial charge in [0.2, 0.25) is 0 Å². The van der Waals surface area contributed by atoms with Crippen molar-refractivity contribution >= 4 is 5.69 Å². The Balaban J connectivity index is 2.09. The van der Waals surface area contributed by atoms with Crippen molar-refractivity contribution in [1.82, 2.24) is 4.98 Å². The third kappa shape index (κ3) is 1.29. The van der Waals surface area contributed by atoms with Crippen molar-refractivity contribution in [3.8, 4) is 0 Å². The van der Waals surface area contributed by atoms with Crippen molar-refractivity contribution in [3.63, 3.8) is 0 Å². The van der Waals surface area contributed by atoms with Gasteiger partial charge in [-0.25, -0.2) is 0 Å². The minimum atomic E-state index is 0.853. The number of pyridine rings is 1. The van der Waals surface area contributed by atoms with E-state index in [1.54, 1.807) is 0 Å². The molecule has 2 heterocycles. The average molecular weight is 162 g/mol. The van der Waals surface area contributed by atoms with Crippen LogP contribution in [0.5, 0.6) is 0 Å². The maximum Gasteiger partial charge on any atom is 0.0553 e. The number of hydrogen-bond acceptors (Lipinski definition) is 2. The van der Waals surface area contributed by atoms with Crippen LogP contribution < -0.4 is 4.90 Å². The lowest BCUT2D eigenvalue weighted by atomic mass is 10.0. The molecule has 0 N–H and O–H groups in total. The van der Waals surface area contributed by atoms with E-state index >= 15 is 0 Å². The summed E-state index contributed by atoms with van der Waals surface area (Å²) in [6.07, 6.45) is 1.96. The number of rotatable bonds is 1. The average Bonchev–Trinajstić information content (AvgIpc) is 2.01. The minimum Gasteiger partial charge on any atom is -0.370 e. The minimum absolute atomic E-state index is 0.853. The van der Waals surface area contributed by atoms with Crippen molar-refractivity contribution in [3.05, 3.63) is 24.0 Å². The number of anilines is 1. The molecule has 1 aromatic rings. The molecule has 1 aromatic heterocycles. The molecule has 0 atom stereocenters. The van der Waals surface area contributed by atoms with Crippen LogP contribution in [0.4, 0.5) is 5.69 Å². The molecular formula is C10H14N2. The van der Waals surface area contributed by atoms with E-state index in [0.717, 1.165) is 11.6 Å². The topological polar surface area (TPSA) is 16.1 Å². The van der Waals surface area contributed by atoms with Gasteiger partial charge >= 0.3 is 0 Å². The van der Waals surface area contributed by atoms with Crippen LogP contribution in [-0.4, -0.2) is 18.1 Å². The van der Waals surface area contributed by atoms with Crippen molar-refractivity contribution in [2.24, 2.45) is 5.92 Å². The van der Waals surface area contributed by atoms with Gasteiger partial charge in [0.05, 0.1) is 11.9 Å². The highest BCUT2D eigenvalue weighted by Gasteiger charge is 2.22. The van der Waals surface area contributed by atoms with Gasteiger partial charge in [0.25, 0.3) is 0 Å². The molecule has 0 radical (unpaired) electrons. The van der Waals surface area contributed by atoms with E-state index in [-0.39, 0.29) is 0 Å². The molecule has 1 fully saturated rings. The van der Waals surface area contributed by atoms with Crippen LogP contribution in [0.25, 0.3) is 0 Å². The van der Waals surface area contributed by atoms with Crippen LogP contribution in [-0.2, 0) is 0 Å². The molecule has 2 heteroatoms. The third-order valence-corrected chi connectivity index (χ3v) is 2.33. The van der Waals surface area contributed by atoms with E-state index in [1.165, 1.54) is 18.8 Å². The molecule has 0 spiro atoms. The monoisotopic (exact) mass is 162 g/mol. The van der Waals surface area contributed by atoms with Crippen molar-refractivity contribution in [2.45, 2.75) is 13.8 Å². The molecule has 12 heavy (non-hydrogen) atoms. The molecule has 0 amide bonds. The number of aromatic nitrogens is 1. The summed E-state index contributed by atoms with van der Waals surface area (Å²) in [5.74, 6) is 0.853. The van der Waals surface area contributed by atoms with Gasteiger partial charge in [-0.1, -0.05) is 6.92 Å². The Hall–Kier alpha value is -1.05. The second-order valence-corrected chi connectivity index (χ2v) is 3.67. The van der Waals surface area contributed by atoms with E-state index in [9.17, 15) is 0 Å². The fourth-order valence-corrected chi connectivity index (χ4v) is 1.56. The summed E-state index contributed by atoms with van der Waals surface area (Å²) in [7, 11) is 0. The van der Waals surface area contributed by atoms with Gasteiger partial charge in [-0.05, 0) is 25.0 Å². The van der Waals surface area contributed by atoms with Gasteiger partial charge in [-0.2, -0.15) is 0 Å². The molecule has 0 aromatic carbocycles. The maximum absolute atomic E-state index is 4.27. The van der Waals surface area contributed by atoms with Gasteiger partial charge < -0.3 is 4.90 Å². The quantitative estimate of drug-likeness (QED) is 0.626. The summed E-state index contributed by atoms with van der Waals surface area (Å²) in [6.45, 7) is 6.66. The van der Waals surface area contributed by atoms with E-state index in [0.29, 0.717) is 0 Å². The zero-order chi connectivity index (χ0) is 8.55. The van der Waals surface area contributed by atoms with Crippen LogP contribution in [0.3, 0.4) is 0 Å². The molecule has 0 aliphatic carbocycles. The molecule has 2 rings (SSSR count). The maximum atomic E-state index is 4.27. The second kappa shape index (κ2) is 2.77. The standard InChI is InChI=1S/C10H14N2/c1-8-6-12(7-8)10-4-3-9(2)11-5-10/h3-5,8H,6-7H2,1-2H3. The fraction of sp³-hybridized carbons (Fsp3) is 0.500. The van der Waals surface area contributed by atoms with Gasteiger partial charge in [-0.15, -0.1) is 0 Å². The number of aryl methyl sites for hydroxylation is 1. The lowest BCUT2D eigenvalue weighted by Gasteiger charge is -2.38. The Morgan fingerprint density at radius 2 is 2.17 bits per heavy atom. The summed E-state index contributed by atoms with van der Waals surface area (Å²) < 4.78 is 0. The van der Waals surface area contributed by atoms with Crippen LogP contribution in [0.15, 0.2) is 18.3 Å². The lowest BCUT2D eigenvalue weighted by molar-refractivity contribution is 0.447. The fourth-order valence-electron chi connectivity index (χ4n) is 1.56. The van der Waals surface area contributed by atoms with Crippen molar-refractivity contribution in [1.29, 1.82) is 0 Å². The Bertz CT molecular complexity index is 260. The first-order valence-corrected chi connectivity index (χ1v) is 4.43. The predicted octanol–water partition coefficient (Wildman–Crippen LogP) is 1.85. The normalized spacial score (nSPS) is 17.7. The molecular weight excluding hydrogens is 148 g/mol. The Labute approximate surface area is 73.2 Å². The zero-order valence-corrected chi connectivity index (χ0v) is 7.62. The largest absolute Gasteiger partial charge is 0.370 e. The molecule has 64 valence electrons. The van der Waals surface area contributed by atoms with Gasteiger partial charge in [0.15, 0.2) is 0 Å². The second-order valence-electron chi connectivity index (χ2n) is 3.67. The van der Waals surface area contributed by atoms with Gasteiger partial charge in [0.1, 0.15) is 0 Å². The highest BCUT2D eigenvalue weighted by molar-refractivity contribution is 5.46. The summed E-state index contributed by atoms with van der Waals surface area (Å²) in [5, 5.41) is 0. The Kier molecular flexibility index (Phi) is 1.75. The highest BCUT2D eigenvalue weighted by atomic mass is 15.2.